The Labute approximate surface area is 190 Å². The number of carbonyl (C=O) groups excluding carboxylic acids is 2. The average molecular weight is 457 g/mol. The van der Waals surface area contributed by atoms with Crippen molar-refractivity contribution in [3.63, 3.8) is 0 Å². The number of anilines is 1. The Bertz CT molecular complexity index is 1010. The minimum absolute atomic E-state index is 0.0187. The number of amides is 2. The molecule has 8 heteroatoms. The molecule has 0 saturated heterocycles. The van der Waals surface area contributed by atoms with Gasteiger partial charge in [-0.05, 0) is 54.1 Å². The molecule has 0 aromatic heterocycles. The van der Waals surface area contributed by atoms with Crippen molar-refractivity contribution in [2.75, 3.05) is 17.8 Å². The number of carbonyl (C=O) groups is 2. The van der Waals surface area contributed by atoms with Crippen LogP contribution >= 0.6 is 11.6 Å². The molecule has 32 heavy (non-hydrogen) atoms. The van der Waals surface area contributed by atoms with E-state index in [1.54, 1.807) is 24.3 Å². The van der Waals surface area contributed by atoms with E-state index in [-0.39, 0.29) is 18.3 Å². The third-order valence-corrected chi connectivity index (χ3v) is 4.58. The van der Waals surface area contributed by atoms with Gasteiger partial charge in [-0.3, -0.25) is 9.59 Å². The molecule has 0 aliphatic heterocycles. The van der Waals surface area contributed by atoms with Crippen LogP contribution in [-0.4, -0.2) is 30.3 Å². The Kier molecular flexibility index (Phi) is 8.60. The van der Waals surface area contributed by atoms with Crippen molar-refractivity contribution in [1.82, 2.24) is 5.32 Å². The molecule has 2 N–H and O–H groups in total. The van der Waals surface area contributed by atoms with Gasteiger partial charge in [0.15, 0.2) is 0 Å². The first-order valence-electron chi connectivity index (χ1n) is 9.85. The number of hydrogen-bond donors (Lipinski definition) is 2. The van der Waals surface area contributed by atoms with Crippen molar-refractivity contribution in [2.24, 2.45) is 0 Å². The van der Waals surface area contributed by atoms with E-state index in [0.717, 1.165) is 5.56 Å². The lowest BCUT2D eigenvalue weighted by Gasteiger charge is -2.18. The summed E-state index contributed by atoms with van der Waals surface area (Å²) in [7, 11) is 0. The van der Waals surface area contributed by atoms with E-state index in [1.165, 1.54) is 24.3 Å². The lowest BCUT2D eigenvalue weighted by atomic mass is 10.2. The molecular formula is C24H22ClFN2O4. The molecule has 6 nitrogen and oxygen atoms in total. The Morgan fingerprint density at radius 3 is 2.16 bits per heavy atom. The smallest absolute Gasteiger partial charge is 0.249 e. The first kappa shape index (κ1) is 23.2. The molecule has 3 aromatic rings. The second-order valence-electron chi connectivity index (χ2n) is 6.82. The molecule has 0 heterocycles. The summed E-state index contributed by atoms with van der Waals surface area (Å²) in [5.74, 6) is -0.519. The fraction of sp³-hybridized carbons (Fsp3) is 0.167. The van der Waals surface area contributed by atoms with Crippen molar-refractivity contribution >= 4 is 29.1 Å². The van der Waals surface area contributed by atoms with Crippen LogP contribution in [-0.2, 0) is 20.9 Å². The van der Waals surface area contributed by atoms with Crippen LogP contribution in [0.1, 0.15) is 5.56 Å². The maximum Gasteiger partial charge on any atom is 0.249 e. The molecule has 0 aliphatic carbocycles. The van der Waals surface area contributed by atoms with Crippen molar-refractivity contribution < 1.29 is 23.5 Å². The van der Waals surface area contributed by atoms with Gasteiger partial charge in [-0.15, -0.1) is 11.6 Å². The number of rotatable bonds is 10. The van der Waals surface area contributed by atoms with Gasteiger partial charge in [-0.25, -0.2) is 4.39 Å². The summed E-state index contributed by atoms with van der Waals surface area (Å²) >= 11 is 5.56. The Hall–Kier alpha value is -3.42. The maximum absolute atomic E-state index is 13.0. The maximum atomic E-state index is 13.0. The lowest BCUT2D eigenvalue weighted by molar-refractivity contribution is -0.126. The van der Waals surface area contributed by atoms with Crippen LogP contribution in [0.5, 0.6) is 11.5 Å². The molecule has 0 fully saturated rings. The summed E-state index contributed by atoms with van der Waals surface area (Å²) < 4.78 is 24.2. The lowest BCUT2D eigenvalue weighted by Crippen LogP contribution is -2.47. The van der Waals surface area contributed by atoms with Gasteiger partial charge in [-0.2, -0.15) is 0 Å². The summed E-state index contributed by atoms with van der Waals surface area (Å²) in [5, 5.41) is 5.30. The fourth-order valence-corrected chi connectivity index (χ4v) is 2.84. The van der Waals surface area contributed by atoms with Crippen LogP contribution in [0, 0.1) is 5.82 Å². The highest BCUT2D eigenvalue weighted by atomic mass is 35.5. The highest BCUT2D eigenvalue weighted by Crippen LogP contribution is 2.23. The van der Waals surface area contributed by atoms with Gasteiger partial charge in [-0.1, -0.05) is 30.3 Å². The second-order valence-corrected chi connectivity index (χ2v) is 7.09. The Balaban J connectivity index is 1.57. The summed E-state index contributed by atoms with van der Waals surface area (Å²) in [6.45, 7) is 0.284. The summed E-state index contributed by atoms with van der Waals surface area (Å²) in [4.78, 5) is 24.4. The molecule has 0 radical (unpaired) electrons. The van der Waals surface area contributed by atoms with Crippen molar-refractivity contribution in [3.8, 4) is 11.5 Å². The van der Waals surface area contributed by atoms with Crippen LogP contribution in [0.4, 0.5) is 10.1 Å². The van der Waals surface area contributed by atoms with E-state index in [0.29, 0.717) is 23.8 Å². The topological polar surface area (TPSA) is 76.7 Å². The van der Waals surface area contributed by atoms with E-state index in [2.05, 4.69) is 10.6 Å². The highest BCUT2D eigenvalue weighted by molar-refractivity contribution is 6.27. The average Bonchev–Trinajstić information content (AvgIpc) is 2.81. The number of hydrogen-bond acceptors (Lipinski definition) is 4. The number of nitrogens with one attached hydrogen (secondary N) is 2. The molecule has 1 atom stereocenters. The molecule has 166 valence electrons. The van der Waals surface area contributed by atoms with Gasteiger partial charge in [0, 0.05) is 5.69 Å². The molecule has 3 rings (SSSR count). The van der Waals surface area contributed by atoms with Crippen LogP contribution in [0.25, 0.3) is 0 Å². The van der Waals surface area contributed by atoms with Crippen molar-refractivity contribution in [2.45, 2.75) is 12.6 Å². The summed E-state index contributed by atoms with van der Waals surface area (Å²) in [6, 6.07) is 20.9. The molecule has 0 aliphatic rings. The highest BCUT2D eigenvalue weighted by Gasteiger charge is 2.21. The molecule has 0 spiro atoms. The van der Waals surface area contributed by atoms with E-state index < -0.39 is 17.9 Å². The van der Waals surface area contributed by atoms with Crippen LogP contribution in [0.3, 0.4) is 0 Å². The minimum Gasteiger partial charge on any atom is -0.457 e. The molecule has 3 aromatic carbocycles. The molecule has 2 amide bonds. The first-order valence-corrected chi connectivity index (χ1v) is 10.4. The number of benzene rings is 3. The van der Waals surface area contributed by atoms with Crippen LogP contribution < -0.4 is 15.4 Å². The SMILES string of the molecule is O=C(CCl)NC(COCc1ccccc1)C(=O)Nc1ccc(Oc2ccc(F)cc2)cc1. The van der Waals surface area contributed by atoms with E-state index >= 15 is 0 Å². The zero-order valence-electron chi connectivity index (χ0n) is 17.1. The van der Waals surface area contributed by atoms with E-state index in [4.69, 9.17) is 21.1 Å². The Morgan fingerprint density at radius 1 is 0.906 bits per heavy atom. The Morgan fingerprint density at radius 2 is 1.53 bits per heavy atom. The number of alkyl halides is 1. The van der Waals surface area contributed by atoms with Crippen LogP contribution in [0.2, 0.25) is 0 Å². The first-order chi connectivity index (χ1) is 15.5. The molecule has 0 bridgehead atoms. The minimum atomic E-state index is -0.917. The fourth-order valence-electron chi connectivity index (χ4n) is 2.76. The van der Waals surface area contributed by atoms with E-state index in [1.807, 2.05) is 30.3 Å². The van der Waals surface area contributed by atoms with Gasteiger partial charge in [0.25, 0.3) is 0 Å². The summed E-state index contributed by atoms with van der Waals surface area (Å²) in [6.07, 6.45) is 0. The summed E-state index contributed by atoms with van der Waals surface area (Å²) in [5.41, 5.74) is 1.46. The third-order valence-electron chi connectivity index (χ3n) is 4.34. The molecule has 0 saturated carbocycles. The predicted octanol–water partition coefficient (Wildman–Crippen LogP) is 4.50. The molecule has 1 unspecified atom stereocenters. The molecular weight excluding hydrogens is 435 g/mol. The van der Waals surface area contributed by atoms with Gasteiger partial charge in [0.1, 0.15) is 29.2 Å². The van der Waals surface area contributed by atoms with Gasteiger partial charge >= 0.3 is 0 Å². The predicted molar refractivity (Wildman–Crippen MR) is 120 cm³/mol. The van der Waals surface area contributed by atoms with Crippen molar-refractivity contribution in [1.29, 1.82) is 0 Å². The van der Waals surface area contributed by atoms with Gasteiger partial charge in [0.2, 0.25) is 11.8 Å². The van der Waals surface area contributed by atoms with Crippen LogP contribution in [0.15, 0.2) is 78.9 Å². The van der Waals surface area contributed by atoms with E-state index in [9.17, 15) is 14.0 Å². The second kappa shape index (κ2) is 11.8. The van der Waals surface area contributed by atoms with Gasteiger partial charge < -0.3 is 20.1 Å². The standard InChI is InChI=1S/C24H22ClFN2O4/c25-14-23(29)28-22(16-31-15-17-4-2-1-3-5-17)24(30)27-19-8-12-21(13-9-19)32-20-10-6-18(26)7-11-20/h1-13,22H,14-16H2,(H,27,30)(H,28,29). The third kappa shape index (κ3) is 7.37. The zero-order chi connectivity index (χ0) is 22.8. The van der Waals surface area contributed by atoms with Crippen molar-refractivity contribution in [3.05, 3.63) is 90.2 Å². The zero-order valence-corrected chi connectivity index (χ0v) is 17.8. The monoisotopic (exact) mass is 456 g/mol. The number of ether oxygens (including phenoxy) is 2. The largest absolute Gasteiger partial charge is 0.457 e. The number of halogens is 2. The normalized spacial score (nSPS) is 11.4. The van der Waals surface area contributed by atoms with Gasteiger partial charge in [0.05, 0.1) is 13.2 Å². The quantitative estimate of drug-likeness (QED) is 0.440.